The molecule has 5 heteroatoms. The Morgan fingerprint density at radius 1 is 1.39 bits per heavy atom. The smallest absolute Gasteiger partial charge is 0.145 e. The Morgan fingerprint density at radius 3 is 2.70 bits per heavy atom. The van der Waals surface area contributed by atoms with Crippen LogP contribution in [0.2, 0.25) is 0 Å². The van der Waals surface area contributed by atoms with Crippen molar-refractivity contribution in [3.05, 3.63) is 23.0 Å². The summed E-state index contributed by atoms with van der Waals surface area (Å²) in [6, 6.07) is 0. The lowest BCUT2D eigenvalue weighted by Gasteiger charge is -2.34. The molecule has 1 aromatic heterocycles. The van der Waals surface area contributed by atoms with Gasteiger partial charge in [-0.15, -0.1) is 0 Å². The molecule has 23 heavy (non-hydrogen) atoms. The number of aromatic hydroxyl groups is 1. The maximum Gasteiger partial charge on any atom is 0.145 e. The van der Waals surface area contributed by atoms with Crippen molar-refractivity contribution in [3.63, 3.8) is 0 Å². The highest BCUT2D eigenvalue weighted by molar-refractivity contribution is 5.95. The first-order valence-corrected chi connectivity index (χ1v) is 8.20. The Balaban J connectivity index is 1.90. The lowest BCUT2D eigenvalue weighted by molar-refractivity contribution is 0.194. The van der Waals surface area contributed by atoms with Crippen molar-refractivity contribution in [2.24, 2.45) is 27.0 Å². The molecular weight excluding hydrogens is 290 g/mol. The second-order valence-electron chi connectivity index (χ2n) is 7.57. The van der Waals surface area contributed by atoms with Crippen LogP contribution in [0, 0.1) is 23.7 Å². The minimum Gasteiger partial charge on any atom is -0.505 e. The molecule has 2 aliphatic carbocycles. The van der Waals surface area contributed by atoms with Crippen LogP contribution in [0.5, 0.6) is 5.75 Å². The number of pyridine rings is 1. The van der Waals surface area contributed by atoms with Gasteiger partial charge in [-0.1, -0.05) is 20.8 Å². The number of aryl methyl sites for hydroxylation is 1. The molecule has 0 unspecified atom stereocenters. The molecule has 0 saturated heterocycles. The Hall–Kier alpha value is -1.75. The largest absolute Gasteiger partial charge is 0.505 e. The standard InChI is InChI=1S/C18H25N3O2/c1-11-16(23)14(12(10-22)8-19-11)9-20-21-15-7-13-5-6-18(15,4)17(13,2)3/h8-9,13,22-23H,5-7,10H2,1-4H3/b20-9+,21-15-/t13-,18-/m0/s1. The quantitative estimate of drug-likeness (QED) is 0.664. The van der Waals surface area contributed by atoms with Crippen molar-refractivity contribution in [1.82, 2.24) is 4.98 Å². The third-order valence-electron chi connectivity index (χ3n) is 6.41. The molecule has 0 aliphatic heterocycles. The van der Waals surface area contributed by atoms with Gasteiger partial charge in [-0.3, -0.25) is 4.98 Å². The van der Waals surface area contributed by atoms with Gasteiger partial charge in [0.05, 0.1) is 18.5 Å². The third-order valence-corrected chi connectivity index (χ3v) is 6.41. The van der Waals surface area contributed by atoms with Gasteiger partial charge in [-0.2, -0.15) is 10.2 Å². The van der Waals surface area contributed by atoms with Crippen LogP contribution in [0.3, 0.4) is 0 Å². The highest BCUT2D eigenvalue weighted by Gasteiger charge is 2.59. The number of nitrogens with zero attached hydrogens (tertiary/aromatic N) is 3. The number of aliphatic hydroxyl groups is 1. The summed E-state index contributed by atoms with van der Waals surface area (Å²) in [4.78, 5) is 4.05. The normalized spacial score (nSPS) is 30.7. The lowest BCUT2D eigenvalue weighted by atomic mass is 9.70. The lowest BCUT2D eigenvalue weighted by Crippen LogP contribution is -2.32. The summed E-state index contributed by atoms with van der Waals surface area (Å²) in [5.41, 5.74) is 3.11. The van der Waals surface area contributed by atoms with Crippen molar-refractivity contribution >= 4 is 11.9 Å². The van der Waals surface area contributed by atoms with Crippen molar-refractivity contribution in [1.29, 1.82) is 0 Å². The minimum absolute atomic E-state index is 0.0555. The summed E-state index contributed by atoms with van der Waals surface area (Å²) in [5, 5.41) is 28.2. The molecule has 2 aliphatic rings. The number of aliphatic hydroxyl groups excluding tert-OH is 1. The van der Waals surface area contributed by atoms with E-state index in [1.54, 1.807) is 13.1 Å². The molecule has 5 nitrogen and oxygen atoms in total. The monoisotopic (exact) mass is 315 g/mol. The molecule has 2 fully saturated rings. The zero-order chi connectivity index (χ0) is 16.8. The first-order valence-electron chi connectivity index (χ1n) is 8.20. The molecule has 0 spiro atoms. The average molecular weight is 315 g/mol. The van der Waals surface area contributed by atoms with Gasteiger partial charge in [-0.25, -0.2) is 0 Å². The Morgan fingerprint density at radius 2 is 2.13 bits per heavy atom. The Labute approximate surface area is 137 Å². The van der Waals surface area contributed by atoms with Crippen LogP contribution in [0.15, 0.2) is 16.4 Å². The van der Waals surface area contributed by atoms with Gasteiger partial charge < -0.3 is 10.2 Å². The summed E-state index contributed by atoms with van der Waals surface area (Å²) in [6.45, 7) is 8.49. The van der Waals surface area contributed by atoms with Gasteiger partial charge in [0.15, 0.2) is 0 Å². The average Bonchev–Trinajstić information content (AvgIpc) is 2.85. The molecule has 2 N–H and O–H groups in total. The van der Waals surface area contributed by atoms with E-state index >= 15 is 0 Å². The third kappa shape index (κ3) is 2.29. The van der Waals surface area contributed by atoms with E-state index in [0.717, 1.165) is 12.1 Å². The van der Waals surface area contributed by atoms with Gasteiger partial charge in [0.2, 0.25) is 0 Å². The zero-order valence-corrected chi connectivity index (χ0v) is 14.3. The van der Waals surface area contributed by atoms with Gasteiger partial charge >= 0.3 is 0 Å². The van der Waals surface area contributed by atoms with Crippen LogP contribution in [0.1, 0.15) is 56.9 Å². The molecule has 3 rings (SSSR count). The fourth-order valence-electron chi connectivity index (χ4n) is 4.16. The zero-order valence-electron chi connectivity index (χ0n) is 14.3. The summed E-state index contributed by atoms with van der Waals surface area (Å²) in [7, 11) is 0. The van der Waals surface area contributed by atoms with Crippen molar-refractivity contribution in [2.45, 2.75) is 53.6 Å². The van der Waals surface area contributed by atoms with Gasteiger partial charge in [0.25, 0.3) is 0 Å². The molecule has 0 amide bonds. The minimum atomic E-state index is -0.189. The molecule has 0 aromatic carbocycles. The second-order valence-corrected chi connectivity index (χ2v) is 7.57. The number of fused-ring (bicyclic) bond motifs is 2. The van der Waals surface area contributed by atoms with E-state index in [4.69, 9.17) is 0 Å². The Kier molecular flexibility index (Phi) is 3.79. The van der Waals surface area contributed by atoms with E-state index in [0.29, 0.717) is 22.7 Å². The highest BCUT2D eigenvalue weighted by atomic mass is 16.3. The topological polar surface area (TPSA) is 78.1 Å². The van der Waals surface area contributed by atoms with Crippen molar-refractivity contribution in [2.75, 3.05) is 0 Å². The highest BCUT2D eigenvalue weighted by Crippen LogP contribution is 2.63. The maximum absolute atomic E-state index is 10.1. The van der Waals surface area contributed by atoms with Crippen molar-refractivity contribution < 1.29 is 10.2 Å². The summed E-state index contributed by atoms with van der Waals surface area (Å²) in [6.07, 6.45) is 6.54. The van der Waals surface area contributed by atoms with Crippen LogP contribution in [-0.4, -0.2) is 27.1 Å². The van der Waals surface area contributed by atoms with Gasteiger partial charge in [-0.05, 0) is 37.5 Å². The van der Waals surface area contributed by atoms with E-state index < -0.39 is 0 Å². The number of hydrogen-bond acceptors (Lipinski definition) is 5. The first kappa shape index (κ1) is 16.1. The molecule has 1 aromatic rings. The van der Waals surface area contributed by atoms with E-state index in [1.165, 1.54) is 19.1 Å². The van der Waals surface area contributed by atoms with Gasteiger partial charge in [0, 0.05) is 28.5 Å². The molecule has 1 heterocycles. The summed E-state index contributed by atoms with van der Waals surface area (Å²) < 4.78 is 0. The van der Waals surface area contributed by atoms with Crippen LogP contribution in [0.4, 0.5) is 0 Å². The van der Waals surface area contributed by atoms with Crippen molar-refractivity contribution in [3.8, 4) is 5.75 Å². The predicted octanol–water partition coefficient (Wildman–Crippen LogP) is 3.21. The molecular formula is C18H25N3O2. The van der Waals surface area contributed by atoms with Crippen LogP contribution in [0.25, 0.3) is 0 Å². The van der Waals surface area contributed by atoms with Crippen LogP contribution in [-0.2, 0) is 6.61 Å². The molecule has 2 atom stereocenters. The molecule has 124 valence electrons. The molecule has 0 radical (unpaired) electrons. The van der Waals surface area contributed by atoms with Gasteiger partial charge in [0.1, 0.15) is 5.75 Å². The summed E-state index contributed by atoms with van der Waals surface area (Å²) >= 11 is 0. The maximum atomic E-state index is 10.1. The number of hydrogen-bond donors (Lipinski definition) is 2. The fourth-order valence-corrected chi connectivity index (χ4v) is 4.16. The Bertz CT molecular complexity index is 694. The second kappa shape index (κ2) is 5.41. The predicted molar refractivity (Wildman–Crippen MR) is 90.8 cm³/mol. The van der Waals surface area contributed by atoms with E-state index in [1.807, 2.05) is 0 Å². The first-order chi connectivity index (χ1) is 10.8. The molecule has 2 bridgehead atoms. The van der Waals surface area contributed by atoms with Crippen LogP contribution >= 0.6 is 0 Å². The van der Waals surface area contributed by atoms with E-state index in [-0.39, 0.29) is 23.2 Å². The van der Waals surface area contributed by atoms with Crippen LogP contribution < -0.4 is 0 Å². The van der Waals surface area contributed by atoms with E-state index in [2.05, 4.69) is 36.0 Å². The SMILES string of the molecule is Cc1ncc(CO)c(/C=N/N=C2/C[C@@H]3CC[C@]2(C)C3(C)C)c1O. The van der Waals surface area contributed by atoms with E-state index in [9.17, 15) is 10.2 Å². The summed E-state index contributed by atoms with van der Waals surface area (Å²) in [5.74, 6) is 0.742. The fraction of sp³-hybridized carbons (Fsp3) is 0.611. The molecule has 2 saturated carbocycles. The number of rotatable bonds is 3. The number of aromatic nitrogens is 1.